The number of aryl methyl sites for hydroxylation is 2. The van der Waals surface area contributed by atoms with Crippen LogP contribution in [0.25, 0.3) is 0 Å². The lowest BCUT2D eigenvalue weighted by molar-refractivity contribution is -0.122. The second-order valence-electron chi connectivity index (χ2n) is 5.82. The number of hydrogen-bond acceptors (Lipinski definition) is 3. The van der Waals surface area contributed by atoms with Gasteiger partial charge in [-0.3, -0.25) is 9.59 Å². The van der Waals surface area contributed by atoms with E-state index >= 15 is 0 Å². The van der Waals surface area contributed by atoms with Gasteiger partial charge in [-0.2, -0.15) is 0 Å². The summed E-state index contributed by atoms with van der Waals surface area (Å²) in [5, 5.41) is 2.92. The number of ketones is 1. The summed E-state index contributed by atoms with van der Waals surface area (Å²) >= 11 is 0. The van der Waals surface area contributed by atoms with E-state index in [1.807, 2.05) is 39.0 Å². The van der Waals surface area contributed by atoms with Crippen LogP contribution in [0.3, 0.4) is 0 Å². The number of hydrogen-bond donors (Lipinski definition) is 1. The first kappa shape index (κ1) is 17.7. The third-order valence-corrected chi connectivity index (χ3v) is 3.91. The first-order valence-electron chi connectivity index (χ1n) is 8.09. The Morgan fingerprint density at radius 1 is 1.04 bits per heavy atom. The molecule has 0 saturated carbocycles. The summed E-state index contributed by atoms with van der Waals surface area (Å²) in [6, 6.07) is 12.7. The summed E-state index contributed by atoms with van der Waals surface area (Å²) in [6.45, 7) is 7.44. The second-order valence-corrected chi connectivity index (χ2v) is 5.82. The summed E-state index contributed by atoms with van der Waals surface area (Å²) in [5.74, 6) is 0.440. The van der Waals surface area contributed by atoms with Gasteiger partial charge in [0.15, 0.2) is 11.9 Å². The van der Waals surface area contributed by atoms with Crippen LogP contribution in [-0.4, -0.2) is 17.8 Å². The lowest BCUT2D eigenvalue weighted by Gasteiger charge is -2.17. The number of nitrogens with one attached hydrogen (secondary N) is 1. The average molecular weight is 325 g/mol. The van der Waals surface area contributed by atoms with Crippen LogP contribution in [0, 0.1) is 13.8 Å². The van der Waals surface area contributed by atoms with Gasteiger partial charge in [-0.15, -0.1) is 0 Å². The summed E-state index contributed by atoms with van der Waals surface area (Å²) in [4.78, 5) is 24.0. The van der Waals surface area contributed by atoms with Crippen LogP contribution in [-0.2, 0) is 4.79 Å². The lowest BCUT2D eigenvalue weighted by atomic mass is 10.1. The van der Waals surface area contributed by atoms with Crippen molar-refractivity contribution in [1.29, 1.82) is 0 Å². The van der Waals surface area contributed by atoms with Crippen LogP contribution in [0.5, 0.6) is 5.75 Å². The zero-order chi connectivity index (χ0) is 17.7. The van der Waals surface area contributed by atoms with E-state index in [9.17, 15) is 9.59 Å². The Balaban J connectivity index is 2.02. The van der Waals surface area contributed by atoms with Crippen molar-refractivity contribution in [2.24, 2.45) is 0 Å². The minimum Gasteiger partial charge on any atom is -0.481 e. The molecular formula is C20H23NO3. The summed E-state index contributed by atoms with van der Waals surface area (Å²) < 4.78 is 5.67. The minimum absolute atomic E-state index is 0.0855. The maximum Gasteiger partial charge on any atom is 0.265 e. The van der Waals surface area contributed by atoms with Gasteiger partial charge in [0.1, 0.15) is 5.75 Å². The molecule has 0 aliphatic carbocycles. The molecule has 2 aromatic carbocycles. The number of benzene rings is 2. The maximum absolute atomic E-state index is 12.4. The molecule has 4 heteroatoms. The quantitative estimate of drug-likeness (QED) is 0.806. The molecule has 24 heavy (non-hydrogen) atoms. The van der Waals surface area contributed by atoms with Gasteiger partial charge in [0.25, 0.3) is 5.91 Å². The number of amides is 1. The van der Waals surface area contributed by atoms with E-state index in [-0.39, 0.29) is 11.7 Å². The fraction of sp³-hybridized carbons (Fsp3) is 0.300. The van der Waals surface area contributed by atoms with Crippen LogP contribution in [0.15, 0.2) is 42.5 Å². The third kappa shape index (κ3) is 4.22. The zero-order valence-corrected chi connectivity index (χ0v) is 14.6. The van der Waals surface area contributed by atoms with Crippen molar-refractivity contribution in [2.75, 3.05) is 5.32 Å². The van der Waals surface area contributed by atoms with Crippen molar-refractivity contribution >= 4 is 17.4 Å². The molecule has 0 fully saturated rings. The van der Waals surface area contributed by atoms with Gasteiger partial charge in [-0.1, -0.05) is 25.1 Å². The van der Waals surface area contributed by atoms with Gasteiger partial charge in [0.05, 0.1) is 0 Å². The SMILES string of the molecule is CCC(=O)c1ccc(OC(C)C(=O)Nc2c(C)cccc2C)cc1. The second kappa shape index (κ2) is 7.77. The first-order chi connectivity index (χ1) is 11.4. The van der Waals surface area contributed by atoms with E-state index < -0.39 is 6.10 Å². The normalized spacial score (nSPS) is 11.7. The van der Waals surface area contributed by atoms with Crippen molar-refractivity contribution in [1.82, 2.24) is 0 Å². The summed E-state index contributed by atoms with van der Waals surface area (Å²) in [7, 11) is 0. The molecule has 0 aromatic heterocycles. The molecule has 1 N–H and O–H groups in total. The molecular weight excluding hydrogens is 302 g/mol. The van der Waals surface area contributed by atoms with Gasteiger partial charge in [0, 0.05) is 17.7 Å². The Morgan fingerprint density at radius 3 is 2.17 bits per heavy atom. The number of rotatable bonds is 6. The summed E-state index contributed by atoms with van der Waals surface area (Å²) in [6.07, 6.45) is -0.175. The monoisotopic (exact) mass is 325 g/mol. The Labute approximate surface area is 142 Å². The predicted octanol–water partition coefficient (Wildman–Crippen LogP) is 4.30. The standard InChI is InChI=1S/C20H23NO3/c1-5-18(22)16-9-11-17(12-10-16)24-15(4)20(23)21-19-13(2)7-6-8-14(19)3/h6-12,15H,5H2,1-4H3,(H,21,23). The zero-order valence-electron chi connectivity index (χ0n) is 14.6. The fourth-order valence-corrected chi connectivity index (χ4v) is 2.42. The van der Waals surface area contributed by atoms with Crippen molar-refractivity contribution in [2.45, 2.75) is 40.2 Å². The number of para-hydroxylation sites is 1. The predicted molar refractivity (Wildman–Crippen MR) is 95.7 cm³/mol. The van der Waals surface area contributed by atoms with E-state index in [1.54, 1.807) is 31.2 Å². The largest absolute Gasteiger partial charge is 0.481 e. The molecule has 0 aliphatic heterocycles. The Morgan fingerprint density at radius 2 is 1.62 bits per heavy atom. The van der Waals surface area contributed by atoms with Crippen molar-refractivity contribution in [3.63, 3.8) is 0 Å². The Kier molecular flexibility index (Phi) is 5.74. The van der Waals surface area contributed by atoms with Gasteiger partial charge in [-0.25, -0.2) is 0 Å². The number of ether oxygens (including phenoxy) is 1. The van der Waals surface area contributed by atoms with Crippen LogP contribution >= 0.6 is 0 Å². The molecule has 126 valence electrons. The summed E-state index contributed by atoms with van der Waals surface area (Å²) in [5.41, 5.74) is 3.50. The van der Waals surface area contributed by atoms with Crippen LogP contribution in [0.1, 0.15) is 41.8 Å². The first-order valence-corrected chi connectivity index (χ1v) is 8.09. The van der Waals surface area contributed by atoms with Gasteiger partial charge < -0.3 is 10.1 Å². The van der Waals surface area contributed by atoms with Gasteiger partial charge >= 0.3 is 0 Å². The molecule has 4 nitrogen and oxygen atoms in total. The van der Waals surface area contributed by atoms with Crippen LogP contribution in [0.4, 0.5) is 5.69 Å². The van der Waals surface area contributed by atoms with Crippen molar-refractivity contribution in [3.8, 4) is 5.75 Å². The molecule has 0 aliphatic rings. The lowest BCUT2D eigenvalue weighted by Crippen LogP contribution is -2.30. The highest BCUT2D eigenvalue weighted by Gasteiger charge is 2.16. The molecule has 0 heterocycles. The average Bonchev–Trinajstić information content (AvgIpc) is 2.58. The van der Waals surface area contributed by atoms with Crippen LogP contribution < -0.4 is 10.1 Å². The van der Waals surface area contributed by atoms with E-state index in [1.165, 1.54) is 0 Å². The highest BCUT2D eigenvalue weighted by Crippen LogP contribution is 2.20. The van der Waals surface area contributed by atoms with Crippen molar-refractivity contribution in [3.05, 3.63) is 59.2 Å². The number of carbonyl (C=O) groups excluding carboxylic acids is 2. The van der Waals surface area contributed by atoms with Crippen molar-refractivity contribution < 1.29 is 14.3 Å². The highest BCUT2D eigenvalue weighted by atomic mass is 16.5. The maximum atomic E-state index is 12.4. The van der Waals surface area contributed by atoms with E-state index in [4.69, 9.17) is 4.74 Å². The Bertz CT molecular complexity index is 715. The Hall–Kier alpha value is -2.62. The fourth-order valence-electron chi connectivity index (χ4n) is 2.42. The van der Waals surface area contributed by atoms with Gasteiger partial charge in [0.2, 0.25) is 0 Å². The molecule has 2 aromatic rings. The molecule has 1 atom stereocenters. The molecule has 1 unspecified atom stereocenters. The molecule has 1 amide bonds. The smallest absolute Gasteiger partial charge is 0.265 e. The molecule has 0 spiro atoms. The molecule has 0 bridgehead atoms. The highest BCUT2D eigenvalue weighted by molar-refractivity contribution is 5.96. The number of Topliss-reactive ketones (excluding diaryl/α,β-unsaturated/α-hetero) is 1. The number of carbonyl (C=O) groups is 2. The van der Waals surface area contributed by atoms with E-state index in [0.717, 1.165) is 16.8 Å². The molecule has 0 radical (unpaired) electrons. The third-order valence-electron chi connectivity index (χ3n) is 3.91. The van der Waals surface area contributed by atoms with Crippen LogP contribution in [0.2, 0.25) is 0 Å². The molecule has 2 rings (SSSR count). The topological polar surface area (TPSA) is 55.4 Å². The minimum atomic E-state index is -0.642. The number of anilines is 1. The molecule has 0 saturated heterocycles. The van der Waals surface area contributed by atoms with E-state index in [2.05, 4.69) is 5.32 Å². The van der Waals surface area contributed by atoms with E-state index in [0.29, 0.717) is 17.7 Å². The van der Waals surface area contributed by atoms with Gasteiger partial charge in [-0.05, 0) is 56.2 Å².